The summed E-state index contributed by atoms with van der Waals surface area (Å²) in [6.07, 6.45) is 2.16. The quantitative estimate of drug-likeness (QED) is 0.144. The number of thiol groups is 1. The van der Waals surface area contributed by atoms with E-state index in [9.17, 15) is 9.59 Å². The van der Waals surface area contributed by atoms with Gasteiger partial charge in [-0.3, -0.25) is 14.6 Å². The highest BCUT2D eigenvalue weighted by Gasteiger charge is 2.26. The third kappa shape index (κ3) is 13.1. The molecule has 48 heavy (non-hydrogen) atoms. The Balaban J connectivity index is 0.000000385. The number of aliphatic hydroxyl groups is 1. The summed E-state index contributed by atoms with van der Waals surface area (Å²) in [6, 6.07) is 14.1. The van der Waals surface area contributed by atoms with Crippen molar-refractivity contribution in [2.24, 2.45) is 22.6 Å². The average molecular weight is 732 g/mol. The predicted octanol–water partition coefficient (Wildman–Crippen LogP) is 5.70. The SMILES string of the molecule is C.CC(C)Cc1ccc2nc(C#N)sc2c1.CNC(=O)[C@H](N)CS.CNC(=O)[C@H]1CSC(c2nc3ccc(CC(C)C)cc3s2)=N1.CO. The third-order valence-electron chi connectivity index (χ3n) is 6.45. The second-order valence-corrected chi connectivity index (χ2v) is 14.7. The van der Waals surface area contributed by atoms with Crippen LogP contribution in [0.15, 0.2) is 41.4 Å². The lowest BCUT2D eigenvalue weighted by Crippen LogP contribution is -2.39. The van der Waals surface area contributed by atoms with Crippen LogP contribution in [0, 0.1) is 23.2 Å². The minimum Gasteiger partial charge on any atom is -0.400 e. The van der Waals surface area contributed by atoms with Crippen molar-refractivity contribution in [1.82, 2.24) is 20.6 Å². The number of thioether (sulfide) groups is 1. The molecule has 1 aliphatic rings. The number of aliphatic imine (C=N–C) groups is 1. The average Bonchev–Trinajstić information content (AvgIpc) is 3.82. The van der Waals surface area contributed by atoms with Crippen molar-refractivity contribution in [3.63, 3.8) is 0 Å². The third-order valence-corrected chi connectivity index (χ3v) is 9.98. The Bertz CT molecular complexity index is 1680. The number of rotatable bonds is 8. The van der Waals surface area contributed by atoms with Crippen LogP contribution in [0.3, 0.4) is 0 Å². The van der Waals surface area contributed by atoms with Gasteiger partial charge in [-0.1, -0.05) is 47.3 Å². The van der Waals surface area contributed by atoms with Crippen molar-refractivity contribution in [2.75, 3.05) is 32.7 Å². The molecular weight excluding hydrogens is 683 g/mol. The molecule has 0 spiro atoms. The Kier molecular flexibility index (Phi) is 19.5. The monoisotopic (exact) mass is 731 g/mol. The number of likely N-dealkylation sites (N-methyl/N-ethyl adjacent to an activating group) is 2. The number of hydrogen-bond acceptors (Lipinski definition) is 12. The minimum atomic E-state index is -0.469. The maximum absolute atomic E-state index is 11.7. The van der Waals surface area contributed by atoms with Crippen molar-refractivity contribution >= 4 is 84.4 Å². The molecule has 3 heterocycles. The summed E-state index contributed by atoms with van der Waals surface area (Å²) in [5.74, 6) is 2.20. The van der Waals surface area contributed by atoms with Crippen LogP contribution in [0.2, 0.25) is 0 Å². The smallest absolute Gasteiger partial charge is 0.245 e. The van der Waals surface area contributed by atoms with Crippen LogP contribution >= 0.6 is 47.1 Å². The number of hydrogen-bond donors (Lipinski definition) is 5. The van der Waals surface area contributed by atoms with E-state index in [-0.39, 0.29) is 25.3 Å². The predicted molar refractivity (Wildman–Crippen MR) is 209 cm³/mol. The molecule has 0 unspecified atom stereocenters. The van der Waals surface area contributed by atoms with Gasteiger partial charge in [0.2, 0.25) is 11.8 Å². The summed E-state index contributed by atoms with van der Waals surface area (Å²) in [6.45, 7) is 8.87. The molecule has 0 radical (unpaired) electrons. The van der Waals surface area contributed by atoms with E-state index in [4.69, 9.17) is 16.1 Å². The maximum atomic E-state index is 11.7. The zero-order valence-corrected chi connectivity index (χ0v) is 31.2. The molecule has 1 aliphatic heterocycles. The number of carbonyl (C=O) groups excluding carboxylic acids is 2. The van der Waals surface area contributed by atoms with E-state index in [1.54, 1.807) is 37.2 Å². The van der Waals surface area contributed by atoms with Crippen LogP contribution < -0.4 is 16.4 Å². The second kappa shape index (κ2) is 21.8. The summed E-state index contributed by atoms with van der Waals surface area (Å²) in [4.78, 5) is 35.5. The first-order valence-corrected chi connectivity index (χ1v) is 18.4. The van der Waals surface area contributed by atoms with E-state index in [0.29, 0.717) is 28.3 Å². The number of nitrogens with two attached hydrogens (primary N) is 1. The van der Waals surface area contributed by atoms with E-state index < -0.39 is 6.04 Å². The van der Waals surface area contributed by atoms with Gasteiger partial charge in [0.05, 0.1) is 26.5 Å². The number of amides is 2. The molecule has 5 N–H and O–H groups in total. The fourth-order valence-corrected chi connectivity index (χ4v) is 7.46. The van der Waals surface area contributed by atoms with Gasteiger partial charge in [-0.25, -0.2) is 9.97 Å². The molecule has 14 heteroatoms. The lowest BCUT2D eigenvalue weighted by atomic mass is 10.0. The van der Waals surface area contributed by atoms with Gasteiger partial charge in [0.25, 0.3) is 0 Å². The fraction of sp³-hybridized carbons (Fsp3) is 0.471. The van der Waals surface area contributed by atoms with Crippen molar-refractivity contribution in [1.29, 1.82) is 5.26 Å². The van der Waals surface area contributed by atoms with Gasteiger partial charge in [0.1, 0.15) is 22.2 Å². The standard InChI is InChI=1S/C16H19N3OS2.C12H12N2S.C4H10N2OS.CH4O.CH4/c1-9(2)6-10-4-5-11-13(7-10)22-16(18-11)15-19-12(8-21-15)14(20)17-3;1-8(2)5-9-3-4-10-11(6-9)15-12(7-13)14-10;1-6-4(7)3(5)2-8;1-2;/h4-5,7,9,12H,6,8H2,1-3H3,(H,17,20);3-4,6,8H,5H2,1-2H3;3,8H,2,5H2,1H3,(H,6,7);2H,1H3;1H4/t12-;;3-;;/m1.1../s1. The number of carbonyl (C=O) groups is 2. The zero-order valence-electron chi connectivity index (χ0n) is 27.9. The van der Waals surface area contributed by atoms with Gasteiger partial charge in [0.15, 0.2) is 5.01 Å². The second-order valence-electron chi connectivity index (χ2n) is 11.2. The number of thiazole rings is 2. The number of aromatic nitrogens is 2. The van der Waals surface area contributed by atoms with Gasteiger partial charge in [-0.15, -0.1) is 34.4 Å². The van der Waals surface area contributed by atoms with Crippen molar-refractivity contribution in [3.05, 3.63) is 57.5 Å². The van der Waals surface area contributed by atoms with Crippen LogP contribution in [0.5, 0.6) is 0 Å². The molecule has 2 amide bonds. The molecule has 0 saturated carbocycles. The Labute approximate surface area is 302 Å². The summed E-state index contributed by atoms with van der Waals surface area (Å²) >= 11 is 8.57. The maximum Gasteiger partial charge on any atom is 0.245 e. The molecule has 5 rings (SSSR count). The first-order valence-electron chi connectivity index (χ1n) is 15.1. The van der Waals surface area contributed by atoms with Crippen LogP contribution in [0.1, 0.15) is 56.3 Å². The number of nitrogens with one attached hydrogen (secondary N) is 2. The lowest BCUT2D eigenvalue weighted by Gasteiger charge is -2.03. The van der Waals surface area contributed by atoms with E-state index in [1.165, 1.54) is 27.2 Å². The first kappa shape index (κ1) is 43.0. The van der Waals surface area contributed by atoms with Gasteiger partial charge in [0, 0.05) is 32.7 Å². The van der Waals surface area contributed by atoms with E-state index in [1.807, 2.05) is 6.07 Å². The molecule has 2 atom stereocenters. The highest BCUT2D eigenvalue weighted by molar-refractivity contribution is 8.15. The molecule has 0 bridgehead atoms. The molecule has 0 saturated heterocycles. The number of nitrogens with zero attached hydrogens (tertiary/aromatic N) is 4. The summed E-state index contributed by atoms with van der Waals surface area (Å²) in [5.41, 5.74) is 9.86. The van der Waals surface area contributed by atoms with Gasteiger partial charge < -0.3 is 21.5 Å². The van der Waals surface area contributed by atoms with Crippen LogP contribution in [0.25, 0.3) is 20.4 Å². The molecule has 0 aliphatic carbocycles. The Hall–Kier alpha value is -3.06. The highest BCUT2D eigenvalue weighted by Crippen LogP contribution is 2.30. The van der Waals surface area contributed by atoms with Crippen LogP contribution in [-0.4, -0.2) is 76.7 Å². The number of fused-ring (bicyclic) bond motifs is 2. The Morgan fingerprint density at radius 3 is 1.98 bits per heavy atom. The Morgan fingerprint density at radius 2 is 1.52 bits per heavy atom. The molecular formula is C34H49N7O3S4. The summed E-state index contributed by atoms with van der Waals surface area (Å²) in [7, 11) is 4.19. The van der Waals surface area contributed by atoms with Crippen LogP contribution in [-0.2, 0) is 22.4 Å². The first-order chi connectivity index (χ1) is 22.5. The number of benzene rings is 2. The summed E-state index contributed by atoms with van der Waals surface area (Å²) < 4.78 is 2.31. The molecule has 4 aromatic rings. The van der Waals surface area contributed by atoms with Crippen molar-refractivity contribution in [3.8, 4) is 6.07 Å². The molecule has 2 aromatic carbocycles. The molecule has 2 aromatic heterocycles. The van der Waals surface area contributed by atoms with Crippen molar-refractivity contribution in [2.45, 2.75) is 60.0 Å². The van der Waals surface area contributed by atoms with E-state index in [0.717, 1.165) is 45.7 Å². The molecule has 10 nitrogen and oxygen atoms in total. The molecule has 262 valence electrons. The number of nitriles is 1. The minimum absolute atomic E-state index is 0. The number of aliphatic hydroxyl groups excluding tert-OH is 1. The van der Waals surface area contributed by atoms with Gasteiger partial charge in [-0.2, -0.15) is 17.9 Å². The van der Waals surface area contributed by atoms with E-state index >= 15 is 0 Å². The fourth-order valence-electron chi connectivity index (χ4n) is 4.33. The van der Waals surface area contributed by atoms with Crippen molar-refractivity contribution < 1.29 is 14.7 Å². The Morgan fingerprint density at radius 1 is 0.979 bits per heavy atom. The zero-order chi connectivity index (χ0) is 35.1. The topological polar surface area (TPSA) is 166 Å². The molecule has 0 fully saturated rings. The van der Waals surface area contributed by atoms with Crippen LogP contribution in [0.4, 0.5) is 0 Å². The highest BCUT2D eigenvalue weighted by atomic mass is 32.2. The van der Waals surface area contributed by atoms with Gasteiger partial charge in [-0.05, 0) is 60.1 Å². The van der Waals surface area contributed by atoms with Gasteiger partial charge >= 0.3 is 0 Å². The van der Waals surface area contributed by atoms with E-state index in [2.05, 4.69) is 102 Å². The largest absolute Gasteiger partial charge is 0.400 e. The normalized spacial score (nSPS) is 13.9. The summed E-state index contributed by atoms with van der Waals surface area (Å²) in [5, 5.41) is 23.2. The lowest BCUT2D eigenvalue weighted by molar-refractivity contribution is -0.122.